The molecule has 6 heteroatoms. The second kappa shape index (κ2) is 6.23. The van der Waals surface area contributed by atoms with Gasteiger partial charge in [0.05, 0.1) is 12.0 Å². The molecule has 0 radical (unpaired) electrons. The average Bonchev–Trinajstić information content (AvgIpc) is 2.79. The van der Waals surface area contributed by atoms with Crippen LogP contribution in [0.1, 0.15) is 32.6 Å². The van der Waals surface area contributed by atoms with Gasteiger partial charge in [-0.2, -0.15) is 0 Å². The van der Waals surface area contributed by atoms with Crippen molar-refractivity contribution in [3.63, 3.8) is 0 Å². The van der Waals surface area contributed by atoms with Gasteiger partial charge in [0, 0.05) is 25.7 Å². The third kappa shape index (κ3) is 3.37. The van der Waals surface area contributed by atoms with Gasteiger partial charge in [0.2, 0.25) is 0 Å². The molecule has 2 aliphatic heterocycles. The zero-order chi connectivity index (χ0) is 13.8. The van der Waals surface area contributed by atoms with Gasteiger partial charge in [-0.3, -0.25) is 4.79 Å². The van der Waals surface area contributed by atoms with Gasteiger partial charge in [-0.05, 0) is 32.6 Å². The van der Waals surface area contributed by atoms with E-state index in [0.29, 0.717) is 19.5 Å². The van der Waals surface area contributed by atoms with Crippen molar-refractivity contribution in [3.05, 3.63) is 0 Å². The van der Waals surface area contributed by atoms with Crippen molar-refractivity contribution in [2.45, 2.75) is 44.8 Å². The number of urea groups is 1. The fraction of sp³-hybridized carbons (Fsp3) is 0.846. The Morgan fingerprint density at radius 1 is 1.37 bits per heavy atom. The number of hydrogen-bond donors (Lipinski definition) is 2. The summed E-state index contributed by atoms with van der Waals surface area (Å²) < 4.78 is 5.55. The fourth-order valence-corrected chi connectivity index (χ4v) is 2.83. The van der Waals surface area contributed by atoms with Crippen LogP contribution in [-0.4, -0.2) is 53.8 Å². The number of carbonyl (C=O) groups excluding carboxylic acids is 1. The first kappa shape index (κ1) is 14.1. The molecule has 3 atom stereocenters. The Morgan fingerprint density at radius 2 is 2.16 bits per heavy atom. The summed E-state index contributed by atoms with van der Waals surface area (Å²) in [6.45, 7) is 3.58. The van der Waals surface area contributed by atoms with Gasteiger partial charge < -0.3 is 20.1 Å². The molecule has 6 nitrogen and oxygen atoms in total. The molecule has 0 spiro atoms. The van der Waals surface area contributed by atoms with Crippen molar-refractivity contribution in [1.29, 1.82) is 0 Å². The van der Waals surface area contributed by atoms with Crippen molar-refractivity contribution in [2.24, 2.45) is 5.92 Å². The van der Waals surface area contributed by atoms with Gasteiger partial charge in [-0.25, -0.2) is 4.79 Å². The molecule has 2 fully saturated rings. The van der Waals surface area contributed by atoms with Gasteiger partial charge in [-0.15, -0.1) is 0 Å². The Labute approximate surface area is 113 Å². The first-order chi connectivity index (χ1) is 9.09. The molecule has 0 aromatic heterocycles. The molecule has 0 saturated carbocycles. The maximum absolute atomic E-state index is 12.0. The Hall–Kier alpha value is -1.30. The molecule has 0 aromatic rings. The van der Waals surface area contributed by atoms with Gasteiger partial charge in [-0.1, -0.05) is 0 Å². The molecular weight excluding hydrogens is 248 g/mol. The normalized spacial score (nSPS) is 31.2. The highest BCUT2D eigenvalue weighted by Crippen LogP contribution is 2.24. The molecule has 2 aliphatic rings. The lowest BCUT2D eigenvalue weighted by molar-refractivity contribution is -0.142. The molecule has 2 rings (SSSR count). The van der Waals surface area contributed by atoms with Gasteiger partial charge >= 0.3 is 12.0 Å². The van der Waals surface area contributed by atoms with E-state index in [9.17, 15) is 9.59 Å². The highest BCUT2D eigenvalue weighted by Gasteiger charge is 2.38. The molecule has 0 aromatic carbocycles. The SMILES string of the molecule is CC1C(C(=O)O)CCN1C(=O)NCC1CCCCO1. The van der Waals surface area contributed by atoms with E-state index in [1.807, 2.05) is 0 Å². The Bertz CT molecular complexity index is 342. The monoisotopic (exact) mass is 270 g/mol. The van der Waals surface area contributed by atoms with Crippen LogP contribution in [0, 0.1) is 5.92 Å². The van der Waals surface area contributed by atoms with Crippen LogP contribution in [0.25, 0.3) is 0 Å². The highest BCUT2D eigenvalue weighted by atomic mass is 16.5. The lowest BCUT2D eigenvalue weighted by atomic mass is 10.0. The summed E-state index contributed by atoms with van der Waals surface area (Å²) in [6, 6.07) is -0.421. The highest BCUT2D eigenvalue weighted by molar-refractivity contribution is 5.78. The number of carbonyl (C=O) groups is 2. The standard InChI is InChI=1S/C13H22N2O4/c1-9-11(12(16)17)5-6-15(9)13(18)14-8-10-4-2-3-7-19-10/h9-11H,2-8H2,1H3,(H,14,18)(H,16,17). The van der Waals surface area contributed by atoms with Gasteiger partial charge in [0.25, 0.3) is 0 Å². The molecule has 2 heterocycles. The van der Waals surface area contributed by atoms with Crippen molar-refractivity contribution >= 4 is 12.0 Å². The van der Waals surface area contributed by atoms with E-state index < -0.39 is 11.9 Å². The minimum Gasteiger partial charge on any atom is -0.481 e. The number of aliphatic carboxylic acids is 1. The summed E-state index contributed by atoms with van der Waals surface area (Å²) >= 11 is 0. The molecule has 0 bridgehead atoms. The first-order valence-electron chi connectivity index (χ1n) is 6.98. The maximum atomic E-state index is 12.0. The lowest BCUT2D eigenvalue weighted by Gasteiger charge is -2.26. The predicted octanol–water partition coefficient (Wildman–Crippen LogP) is 1.06. The summed E-state index contributed by atoms with van der Waals surface area (Å²) in [6.07, 6.45) is 3.85. The Kier molecular flexibility index (Phi) is 4.63. The average molecular weight is 270 g/mol. The molecule has 19 heavy (non-hydrogen) atoms. The topological polar surface area (TPSA) is 78.9 Å². The molecule has 108 valence electrons. The van der Waals surface area contributed by atoms with E-state index in [-0.39, 0.29) is 18.2 Å². The quantitative estimate of drug-likeness (QED) is 0.803. The van der Waals surface area contributed by atoms with Gasteiger partial charge in [0.1, 0.15) is 0 Å². The number of hydrogen-bond acceptors (Lipinski definition) is 3. The molecule has 2 N–H and O–H groups in total. The van der Waals surface area contributed by atoms with E-state index in [1.165, 1.54) is 0 Å². The Morgan fingerprint density at radius 3 is 2.74 bits per heavy atom. The van der Waals surface area contributed by atoms with Crippen LogP contribution in [0.4, 0.5) is 4.79 Å². The first-order valence-corrected chi connectivity index (χ1v) is 6.98. The van der Waals surface area contributed by atoms with Crippen molar-refractivity contribution in [1.82, 2.24) is 10.2 Å². The van der Waals surface area contributed by atoms with Crippen molar-refractivity contribution < 1.29 is 19.4 Å². The van der Waals surface area contributed by atoms with E-state index in [2.05, 4.69) is 5.32 Å². The van der Waals surface area contributed by atoms with E-state index in [4.69, 9.17) is 9.84 Å². The summed E-state index contributed by atoms with van der Waals surface area (Å²) in [7, 11) is 0. The number of nitrogens with zero attached hydrogens (tertiary/aromatic N) is 1. The van der Waals surface area contributed by atoms with Crippen molar-refractivity contribution in [2.75, 3.05) is 19.7 Å². The molecular formula is C13H22N2O4. The number of likely N-dealkylation sites (tertiary alicyclic amines) is 1. The van der Waals surface area contributed by atoms with Crippen LogP contribution in [0.15, 0.2) is 0 Å². The van der Waals surface area contributed by atoms with E-state index in [0.717, 1.165) is 25.9 Å². The second-order valence-corrected chi connectivity index (χ2v) is 5.34. The largest absolute Gasteiger partial charge is 0.481 e. The number of nitrogens with one attached hydrogen (secondary N) is 1. The number of carboxylic acid groups (broad SMARTS) is 1. The van der Waals surface area contributed by atoms with Crippen LogP contribution >= 0.6 is 0 Å². The van der Waals surface area contributed by atoms with Crippen LogP contribution in [-0.2, 0) is 9.53 Å². The van der Waals surface area contributed by atoms with Crippen LogP contribution in [0.5, 0.6) is 0 Å². The zero-order valence-electron chi connectivity index (χ0n) is 11.3. The fourth-order valence-electron chi connectivity index (χ4n) is 2.83. The third-order valence-electron chi connectivity index (χ3n) is 4.09. The Balaban J connectivity index is 1.78. The maximum Gasteiger partial charge on any atom is 0.317 e. The zero-order valence-corrected chi connectivity index (χ0v) is 11.3. The molecule has 0 aliphatic carbocycles. The number of amides is 2. The van der Waals surface area contributed by atoms with Gasteiger partial charge in [0.15, 0.2) is 0 Å². The predicted molar refractivity (Wildman–Crippen MR) is 68.9 cm³/mol. The summed E-state index contributed by atoms with van der Waals surface area (Å²) in [4.78, 5) is 24.7. The number of rotatable bonds is 3. The lowest BCUT2D eigenvalue weighted by Crippen LogP contribution is -2.46. The van der Waals surface area contributed by atoms with Crippen LogP contribution < -0.4 is 5.32 Å². The number of ether oxygens (including phenoxy) is 1. The number of carboxylic acids is 1. The third-order valence-corrected chi connectivity index (χ3v) is 4.09. The summed E-state index contributed by atoms with van der Waals surface area (Å²) in [5.41, 5.74) is 0. The minimum atomic E-state index is -0.821. The van der Waals surface area contributed by atoms with Crippen LogP contribution in [0.3, 0.4) is 0 Å². The molecule has 3 unspecified atom stereocenters. The minimum absolute atomic E-state index is 0.103. The van der Waals surface area contributed by atoms with E-state index >= 15 is 0 Å². The van der Waals surface area contributed by atoms with Crippen LogP contribution in [0.2, 0.25) is 0 Å². The molecule has 2 amide bonds. The molecule has 2 saturated heterocycles. The summed E-state index contributed by atoms with van der Waals surface area (Å²) in [5, 5.41) is 11.9. The smallest absolute Gasteiger partial charge is 0.317 e. The van der Waals surface area contributed by atoms with E-state index in [1.54, 1.807) is 11.8 Å². The second-order valence-electron chi connectivity index (χ2n) is 5.34. The van der Waals surface area contributed by atoms with Crippen molar-refractivity contribution in [3.8, 4) is 0 Å². The summed E-state index contributed by atoms with van der Waals surface area (Å²) in [5.74, 6) is -1.27.